The van der Waals surface area contributed by atoms with Crippen LogP contribution in [0.3, 0.4) is 0 Å². The van der Waals surface area contributed by atoms with Gasteiger partial charge in [-0.1, -0.05) is 38.6 Å². The van der Waals surface area contributed by atoms with Crippen LogP contribution in [0.15, 0.2) is 54.9 Å². The molecule has 0 bridgehead atoms. The number of benzene rings is 1. The first-order chi connectivity index (χ1) is 15.2. The van der Waals surface area contributed by atoms with E-state index >= 15 is 0 Å². The van der Waals surface area contributed by atoms with Gasteiger partial charge in [0.25, 0.3) is 0 Å². The second-order valence-electron chi connectivity index (χ2n) is 8.90. The fourth-order valence-electron chi connectivity index (χ4n) is 5.14. The monoisotopic (exact) mass is 415 g/mol. The summed E-state index contributed by atoms with van der Waals surface area (Å²) in [5, 5.41) is 4.98. The maximum absolute atomic E-state index is 4.93. The molecule has 1 saturated heterocycles. The quantitative estimate of drug-likeness (QED) is 0.574. The van der Waals surface area contributed by atoms with Gasteiger partial charge in [-0.15, -0.1) is 0 Å². The molecule has 2 aliphatic heterocycles. The molecule has 1 aromatic carbocycles. The van der Waals surface area contributed by atoms with E-state index in [0.29, 0.717) is 6.04 Å². The third-order valence-electron chi connectivity index (χ3n) is 6.78. The number of allylic oxidation sites excluding steroid dienone is 1. The predicted molar refractivity (Wildman–Crippen MR) is 128 cm³/mol. The van der Waals surface area contributed by atoms with Gasteiger partial charge >= 0.3 is 0 Å². The lowest BCUT2D eigenvalue weighted by Crippen LogP contribution is -2.54. The van der Waals surface area contributed by atoms with Gasteiger partial charge in [-0.25, -0.2) is 0 Å². The summed E-state index contributed by atoms with van der Waals surface area (Å²) in [6, 6.07) is 13.6. The summed E-state index contributed by atoms with van der Waals surface area (Å²) in [6.07, 6.45) is 5.20. The van der Waals surface area contributed by atoms with Gasteiger partial charge in [0.1, 0.15) is 6.04 Å². The molecular formula is C26H33N5. The van der Waals surface area contributed by atoms with Crippen LogP contribution >= 0.6 is 0 Å². The lowest BCUT2D eigenvalue weighted by atomic mass is 9.94. The first-order valence-electron chi connectivity index (χ1n) is 11.7. The van der Waals surface area contributed by atoms with Crippen molar-refractivity contribution < 1.29 is 0 Å². The molecule has 4 heterocycles. The van der Waals surface area contributed by atoms with Crippen molar-refractivity contribution in [1.82, 2.24) is 19.8 Å². The first kappa shape index (κ1) is 20.1. The topological polar surface area (TPSA) is 47.2 Å². The lowest BCUT2D eigenvalue weighted by molar-refractivity contribution is 0.162. The van der Waals surface area contributed by atoms with Crippen LogP contribution in [0.4, 0.5) is 5.69 Å². The van der Waals surface area contributed by atoms with Gasteiger partial charge in [-0.3, -0.25) is 9.88 Å². The highest BCUT2D eigenvalue weighted by molar-refractivity contribution is 5.85. The zero-order valence-electron chi connectivity index (χ0n) is 18.7. The van der Waals surface area contributed by atoms with E-state index < -0.39 is 0 Å². The molecule has 0 spiro atoms. The molecule has 0 saturated carbocycles. The van der Waals surface area contributed by atoms with E-state index in [1.165, 1.54) is 40.8 Å². The number of para-hydroxylation sites is 1. The molecule has 1 fully saturated rings. The Hall–Kier alpha value is -2.79. The van der Waals surface area contributed by atoms with Crippen molar-refractivity contribution >= 4 is 16.6 Å². The fraction of sp³-hybridized carbons (Fsp3) is 0.423. The lowest BCUT2D eigenvalue weighted by Gasteiger charge is -2.40. The Morgan fingerprint density at radius 2 is 2.03 bits per heavy atom. The maximum Gasteiger partial charge on any atom is 0.112 e. The van der Waals surface area contributed by atoms with Crippen molar-refractivity contribution in [3.63, 3.8) is 0 Å². The van der Waals surface area contributed by atoms with Crippen LogP contribution in [0.1, 0.15) is 49.7 Å². The van der Waals surface area contributed by atoms with Crippen LogP contribution in [-0.2, 0) is 6.42 Å². The SMILES string of the molecule is C=C(CC)N1CCc2c([nH]c3ccccc23)[C@H]1c1ccc(NC2CN(CCC)C2)cn1. The van der Waals surface area contributed by atoms with Crippen LogP contribution in [0, 0.1) is 0 Å². The molecule has 2 aromatic heterocycles. The molecule has 5 heteroatoms. The second-order valence-corrected chi connectivity index (χ2v) is 8.90. The van der Waals surface area contributed by atoms with Crippen molar-refractivity contribution in [1.29, 1.82) is 0 Å². The van der Waals surface area contributed by atoms with E-state index in [1.54, 1.807) is 0 Å². The number of hydrogen-bond acceptors (Lipinski definition) is 4. The molecule has 0 unspecified atom stereocenters. The summed E-state index contributed by atoms with van der Waals surface area (Å²) in [5.74, 6) is 0. The molecule has 1 atom stereocenters. The van der Waals surface area contributed by atoms with Crippen LogP contribution < -0.4 is 5.32 Å². The van der Waals surface area contributed by atoms with Crippen LogP contribution in [0.25, 0.3) is 10.9 Å². The van der Waals surface area contributed by atoms with Crippen molar-refractivity contribution in [2.75, 3.05) is 31.5 Å². The van der Waals surface area contributed by atoms with Crippen LogP contribution in [0.2, 0.25) is 0 Å². The molecule has 3 aromatic rings. The summed E-state index contributed by atoms with van der Waals surface area (Å²) < 4.78 is 0. The molecule has 0 aliphatic carbocycles. The number of aromatic amines is 1. The predicted octanol–water partition coefficient (Wildman–Crippen LogP) is 4.94. The van der Waals surface area contributed by atoms with Crippen molar-refractivity contribution in [3.8, 4) is 0 Å². The van der Waals surface area contributed by atoms with E-state index in [0.717, 1.165) is 43.9 Å². The fourth-order valence-corrected chi connectivity index (χ4v) is 5.14. The van der Waals surface area contributed by atoms with E-state index in [4.69, 9.17) is 4.98 Å². The molecular weight excluding hydrogens is 382 g/mol. The molecule has 0 amide bonds. The Labute approximate surface area is 185 Å². The number of rotatable bonds is 7. The van der Waals surface area contributed by atoms with Gasteiger partial charge in [-0.05, 0) is 49.6 Å². The Kier molecular flexibility index (Phi) is 5.45. The molecule has 2 aliphatic rings. The minimum absolute atomic E-state index is 0.0846. The highest BCUT2D eigenvalue weighted by atomic mass is 15.2. The molecule has 5 nitrogen and oxygen atoms in total. The average Bonchev–Trinajstić information content (AvgIpc) is 3.16. The largest absolute Gasteiger partial charge is 0.378 e. The third-order valence-corrected chi connectivity index (χ3v) is 6.78. The highest BCUT2D eigenvalue weighted by Gasteiger charge is 2.33. The Bertz CT molecular complexity index is 1060. The number of aromatic nitrogens is 2. The minimum atomic E-state index is 0.0846. The summed E-state index contributed by atoms with van der Waals surface area (Å²) in [6.45, 7) is 13.2. The Balaban J connectivity index is 1.42. The smallest absolute Gasteiger partial charge is 0.112 e. The molecule has 31 heavy (non-hydrogen) atoms. The Morgan fingerprint density at radius 3 is 2.77 bits per heavy atom. The van der Waals surface area contributed by atoms with Gasteiger partial charge in [-0.2, -0.15) is 0 Å². The number of fused-ring (bicyclic) bond motifs is 3. The van der Waals surface area contributed by atoms with Crippen LogP contribution in [-0.4, -0.2) is 52.0 Å². The Morgan fingerprint density at radius 1 is 1.19 bits per heavy atom. The van der Waals surface area contributed by atoms with Crippen molar-refractivity contribution in [3.05, 3.63) is 71.8 Å². The summed E-state index contributed by atoms with van der Waals surface area (Å²) in [7, 11) is 0. The molecule has 5 rings (SSSR count). The van der Waals surface area contributed by atoms with E-state index in [-0.39, 0.29) is 6.04 Å². The average molecular weight is 416 g/mol. The van der Waals surface area contributed by atoms with Crippen LogP contribution in [0.5, 0.6) is 0 Å². The molecule has 2 N–H and O–H groups in total. The van der Waals surface area contributed by atoms with Crippen molar-refractivity contribution in [2.24, 2.45) is 0 Å². The van der Waals surface area contributed by atoms with Gasteiger partial charge in [0.05, 0.1) is 23.6 Å². The number of nitrogens with one attached hydrogen (secondary N) is 2. The van der Waals surface area contributed by atoms with Gasteiger partial charge in [0.2, 0.25) is 0 Å². The maximum atomic E-state index is 4.93. The first-order valence-corrected chi connectivity index (χ1v) is 11.7. The number of hydrogen-bond donors (Lipinski definition) is 2. The highest BCUT2D eigenvalue weighted by Crippen LogP contribution is 2.39. The minimum Gasteiger partial charge on any atom is -0.378 e. The zero-order valence-corrected chi connectivity index (χ0v) is 18.7. The number of likely N-dealkylation sites (tertiary alicyclic amines) is 1. The van der Waals surface area contributed by atoms with E-state index in [1.807, 2.05) is 6.20 Å². The standard InChI is InChI=1S/C26H33N5/c1-4-13-30-16-20(17-30)28-19-10-11-24(27-15-19)26-25-22(12-14-31(26)18(3)5-2)21-8-6-7-9-23(21)29-25/h6-11,15,20,26,28-29H,3-5,12-14,16-17H2,1-2H3/t26-/m1/s1. The number of H-pyrrole nitrogens is 1. The number of nitrogens with zero attached hydrogens (tertiary/aromatic N) is 3. The third kappa shape index (κ3) is 3.72. The van der Waals surface area contributed by atoms with Gasteiger partial charge in [0.15, 0.2) is 0 Å². The van der Waals surface area contributed by atoms with Crippen molar-refractivity contribution in [2.45, 2.75) is 45.2 Å². The zero-order chi connectivity index (χ0) is 21.4. The normalized spacial score (nSPS) is 19.3. The molecule has 0 radical (unpaired) electrons. The number of anilines is 1. The van der Waals surface area contributed by atoms with E-state index in [2.05, 4.69) is 76.9 Å². The molecule has 162 valence electrons. The van der Waals surface area contributed by atoms with Gasteiger partial charge in [0, 0.05) is 41.9 Å². The number of pyridine rings is 1. The van der Waals surface area contributed by atoms with E-state index in [9.17, 15) is 0 Å². The summed E-state index contributed by atoms with van der Waals surface area (Å²) in [5.41, 5.74) is 7.26. The summed E-state index contributed by atoms with van der Waals surface area (Å²) >= 11 is 0. The summed E-state index contributed by atoms with van der Waals surface area (Å²) in [4.78, 5) is 13.6. The second kappa shape index (κ2) is 8.39. The van der Waals surface area contributed by atoms with Gasteiger partial charge < -0.3 is 15.2 Å².